The molecule has 0 aliphatic heterocycles. The molecule has 0 radical (unpaired) electrons. The van der Waals surface area contributed by atoms with Crippen LogP contribution in [0.2, 0.25) is 0 Å². The molecular weight excluding hydrogens is 510 g/mol. The van der Waals surface area contributed by atoms with Gasteiger partial charge in [-0.25, -0.2) is 8.42 Å². The highest BCUT2D eigenvalue weighted by Gasteiger charge is 2.33. The van der Waals surface area contributed by atoms with Gasteiger partial charge in [0, 0.05) is 12.6 Å². The zero-order valence-electron chi connectivity index (χ0n) is 23.6. The minimum absolute atomic E-state index is 0.0548. The predicted molar refractivity (Wildman–Crippen MR) is 156 cm³/mol. The molecule has 0 bridgehead atoms. The molecule has 2 atom stereocenters. The highest BCUT2D eigenvalue weighted by molar-refractivity contribution is 7.92. The number of hydrogen-bond acceptors (Lipinski definition) is 4. The summed E-state index contributed by atoms with van der Waals surface area (Å²) >= 11 is 0. The number of sulfonamides is 1. The molecule has 0 saturated carbocycles. The molecule has 0 aromatic heterocycles. The summed E-state index contributed by atoms with van der Waals surface area (Å²) in [7, 11) is -4.08. The van der Waals surface area contributed by atoms with Gasteiger partial charge in [-0.1, -0.05) is 55.5 Å². The van der Waals surface area contributed by atoms with Crippen molar-refractivity contribution >= 4 is 27.5 Å². The highest BCUT2D eigenvalue weighted by atomic mass is 32.2. The van der Waals surface area contributed by atoms with Crippen LogP contribution < -0.4 is 9.62 Å². The monoisotopic (exact) mass is 549 g/mol. The van der Waals surface area contributed by atoms with Gasteiger partial charge in [-0.05, 0) is 87.6 Å². The number of anilines is 1. The minimum Gasteiger partial charge on any atom is -0.352 e. The maximum Gasteiger partial charge on any atom is 0.264 e. The number of nitrogens with zero attached hydrogens (tertiary/aromatic N) is 2. The van der Waals surface area contributed by atoms with Crippen molar-refractivity contribution in [3.63, 3.8) is 0 Å². The summed E-state index contributed by atoms with van der Waals surface area (Å²) in [6, 6.07) is 20.2. The molecule has 0 unspecified atom stereocenters. The van der Waals surface area contributed by atoms with E-state index in [1.807, 2.05) is 65.0 Å². The summed E-state index contributed by atoms with van der Waals surface area (Å²) in [5.41, 5.74) is 4.18. The van der Waals surface area contributed by atoms with Gasteiger partial charge in [0.2, 0.25) is 11.8 Å². The molecule has 39 heavy (non-hydrogen) atoms. The Balaban J connectivity index is 2.05. The Morgan fingerprint density at radius 2 is 1.49 bits per heavy atom. The fraction of sp³-hybridized carbons (Fsp3) is 0.355. The van der Waals surface area contributed by atoms with E-state index in [0.717, 1.165) is 33.0 Å². The van der Waals surface area contributed by atoms with Crippen molar-refractivity contribution in [2.45, 2.75) is 71.5 Å². The van der Waals surface area contributed by atoms with Crippen LogP contribution >= 0.6 is 0 Å². The van der Waals surface area contributed by atoms with Crippen LogP contribution in [-0.4, -0.2) is 43.8 Å². The van der Waals surface area contributed by atoms with Crippen molar-refractivity contribution in [3.8, 4) is 0 Å². The number of rotatable bonds is 11. The maximum absolute atomic E-state index is 14.0. The van der Waals surface area contributed by atoms with Crippen LogP contribution in [0.4, 0.5) is 5.69 Å². The molecule has 3 rings (SSSR count). The van der Waals surface area contributed by atoms with E-state index >= 15 is 0 Å². The van der Waals surface area contributed by atoms with Gasteiger partial charge in [-0.2, -0.15) is 0 Å². The van der Waals surface area contributed by atoms with E-state index < -0.39 is 28.5 Å². The second-order valence-electron chi connectivity index (χ2n) is 10.0. The van der Waals surface area contributed by atoms with Crippen molar-refractivity contribution in [1.29, 1.82) is 0 Å². The minimum atomic E-state index is -4.08. The quantitative estimate of drug-likeness (QED) is 0.359. The first-order chi connectivity index (χ1) is 18.4. The average Bonchev–Trinajstić information content (AvgIpc) is 2.92. The Hall–Kier alpha value is -3.65. The molecule has 0 saturated heterocycles. The zero-order valence-corrected chi connectivity index (χ0v) is 24.5. The summed E-state index contributed by atoms with van der Waals surface area (Å²) < 4.78 is 28.9. The van der Waals surface area contributed by atoms with Crippen molar-refractivity contribution in [2.75, 3.05) is 10.8 Å². The number of nitrogens with one attached hydrogen (secondary N) is 1. The molecule has 208 valence electrons. The lowest BCUT2D eigenvalue weighted by Crippen LogP contribution is -2.52. The molecule has 3 aromatic carbocycles. The van der Waals surface area contributed by atoms with E-state index in [1.165, 1.54) is 17.0 Å². The van der Waals surface area contributed by atoms with E-state index in [1.54, 1.807) is 37.3 Å². The summed E-state index contributed by atoms with van der Waals surface area (Å²) in [6.07, 6.45) is 0.750. The fourth-order valence-electron chi connectivity index (χ4n) is 4.15. The molecule has 0 aliphatic rings. The number of amides is 2. The van der Waals surface area contributed by atoms with Gasteiger partial charge in [0.25, 0.3) is 10.0 Å². The Bertz CT molecular complexity index is 1410. The molecule has 0 aliphatic carbocycles. The third-order valence-corrected chi connectivity index (χ3v) is 8.95. The average molecular weight is 550 g/mol. The Morgan fingerprint density at radius 3 is 2.10 bits per heavy atom. The smallest absolute Gasteiger partial charge is 0.264 e. The van der Waals surface area contributed by atoms with Crippen molar-refractivity contribution in [2.24, 2.45) is 0 Å². The van der Waals surface area contributed by atoms with E-state index in [-0.39, 0.29) is 23.4 Å². The first kappa shape index (κ1) is 29.9. The summed E-state index contributed by atoms with van der Waals surface area (Å²) in [5.74, 6) is -0.752. The Labute approximate surface area is 232 Å². The molecule has 1 N–H and O–H groups in total. The van der Waals surface area contributed by atoms with Crippen LogP contribution in [0, 0.1) is 20.8 Å². The molecule has 0 spiro atoms. The third-order valence-electron chi connectivity index (χ3n) is 7.16. The molecule has 0 heterocycles. The second kappa shape index (κ2) is 12.9. The lowest BCUT2D eigenvalue weighted by molar-refractivity contribution is -0.139. The maximum atomic E-state index is 14.0. The lowest BCUT2D eigenvalue weighted by Gasteiger charge is -2.33. The van der Waals surface area contributed by atoms with Crippen LogP contribution in [0.15, 0.2) is 77.7 Å². The molecule has 7 nitrogen and oxygen atoms in total. The highest BCUT2D eigenvalue weighted by Crippen LogP contribution is 2.26. The van der Waals surface area contributed by atoms with E-state index in [9.17, 15) is 18.0 Å². The number of benzene rings is 3. The second-order valence-corrected chi connectivity index (χ2v) is 11.9. The third kappa shape index (κ3) is 7.26. The topological polar surface area (TPSA) is 86.8 Å². The Morgan fingerprint density at radius 1 is 0.846 bits per heavy atom. The normalized spacial score (nSPS) is 12.9. The van der Waals surface area contributed by atoms with Gasteiger partial charge < -0.3 is 10.2 Å². The van der Waals surface area contributed by atoms with Crippen LogP contribution in [0.3, 0.4) is 0 Å². The largest absolute Gasteiger partial charge is 0.352 e. The van der Waals surface area contributed by atoms with E-state index in [4.69, 9.17) is 0 Å². The van der Waals surface area contributed by atoms with Crippen LogP contribution in [0.5, 0.6) is 0 Å². The zero-order chi connectivity index (χ0) is 28.7. The SMILES string of the molecule is CC[C@H](C)NC(=O)[C@@H](C)N(Cc1ccccc1C)C(=O)CN(c1ccc(C)c(C)c1)S(=O)(=O)c1ccccc1. The molecule has 3 aromatic rings. The fourth-order valence-corrected chi connectivity index (χ4v) is 5.58. The van der Waals surface area contributed by atoms with Crippen LogP contribution in [0.1, 0.15) is 49.4 Å². The van der Waals surface area contributed by atoms with Crippen molar-refractivity contribution in [3.05, 3.63) is 95.1 Å². The van der Waals surface area contributed by atoms with Crippen molar-refractivity contribution in [1.82, 2.24) is 10.2 Å². The van der Waals surface area contributed by atoms with Gasteiger partial charge in [0.1, 0.15) is 12.6 Å². The molecule has 0 fully saturated rings. The molecular formula is C31H39N3O4S. The van der Waals surface area contributed by atoms with Crippen LogP contribution in [-0.2, 0) is 26.2 Å². The van der Waals surface area contributed by atoms with Crippen LogP contribution in [0.25, 0.3) is 0 Å². The van der Waals surface area contributed by atoms with E-state index in [2.05, 4.69) is 5.32 Å². The van der Waals surface area contributed by atoms with Gasteiger partial charge in [0.15, 0.2) is 0 Å². The van der Waals surface area contributed by atoms with Gasteiger partial charge in [0.05, 0.1) is 10.6 Å². The molecule has 8 heteroatoms. The standard InChI is InChI=1S/C31H39N3O4S/c1-7-25(5)32-31(36)26(6)33(20-27-14-12-11-13-23(27)3)30(35)21-34(28-18-17-22(2)24(4)19-28)39(37,38)29-15-9-8-10-16-29/h8-19,25-26H,7,20-21H2,1-6H3,(H,32,36)/t25-,26+/m0/s1. The number of carbonyl (C=O) groups excluding carboxylic acids is 2. The van der Waals surface area contributed by atoms with Crippen molar-refractivity contribution < 1.29 is 18.0 Å². The predicted octanol–water partition coefficient (Wildman–Crippen LogP) is 5.14. The first-order valence-electron chi connectivity index (χ1n) is 13.2. The summed E-state index contributed by atoms with van der Waals surface area (Å²) in [5, 5.41) is 2.96. The molecule has 2 amide bonds. The summed E-state index contributed by atoms with van der Waals surface area (Å²) in [4.78, 5) is 28.7. The number of aryl methyl sites for hydroxylation is 3. The lowest BCUT2D eigenvalue weighted by atomic mass is 10.1. The van der Waals surface area contributed by atoms with Gasteiger partial charge >= 0.3 is 0 Å². The van der Waals surface area contributed by atoms with Gasteiger partial charge in [-0.15, -0.1) is 0 Å². The van der Waals surface area contributed by atoms with E-state index in [0.29, 0.717) is 5.69 Å². The number of hydrogen-bond donors (Lipinski definition) is 1. The Kier molecular flexibility index (Phi) is 9.92. The first-order valence-corrected chi connectivity index (χ1v) is 14.7. The number of carbonyl (C=O) groups is 2. The summed E-state index contributed by atoms with van der Waals surface area (Å²) in [6.45, 7) is 11.1. The van der Waals surface area contributed by atoms with Gasteiger partial charge in [-0.3, -0.25) is 13.9 Å².